The summed E-state index contributed by atoms with van der Waals surface area (Å²) in [6, 6.07) is 2.21. The molecule has 100 valence electrons. The zero-order valence-electron chi connectivity index (χ0n) is 9.60. The number of sulfonamides is 1. The van der Waals surface area contributed by atoms with Gasteiger partial charge in [0.25, 0.3) is 0 Å². The number of carbonyl (C=O) groups is 1. The van der Waals surface area contributed by atoms with E-state index in [0.29, 0.717) is 6.54 Å². The highest BCUT2D eigenvalue weighted by atomic mass is 35.5. The van der Waals surface area contributed by atoms with Gasteiger partial charge in [0.05, 0.1) is 16.3 Å². The van der Waals surface area contributed by atoms with E-state index in [1.54, 1.807) is 0 Å². The summed E-state index contributed by atoms with van der Waals surface area (Å²) in [5.74, 6) is -1.25. The van der Waals surface area contributed by atoms with Crippen LogP contribution in [0.1, 0.15) is 23.7 Å². The van der Waals surface area contributed by atoms with Gasteiger partial charge in [0.1, 0.15) is 4.90 Å². The number of halogens is 1. The van der Waals surface area contributed by atoms with Crippen molar-refractivity contribution in [3.63, 3.8) is 0 Å². The third-order valence-electron chi connectivity index (χ3n) is 2.17. The Labute approximate surface area is 110 Å². The zero-order valence-corrected chi connectivity index (χ0v) is 11.2. The fourth-order valence-electron chi connectivity index (χ4n) is 1.35. The summed E-state index contributed by atoms with van der Waals surface area (Å²) in [6.07, 6.45) is 0.785. The van der Waals surface area contributed by atoms with Gasteiger partial charge in [-0.2, -0.15) is 0 Å². The molecule has 0 spiro atoms. The van der Waals surface area contributed by atoms with Crippen LogP contribution >= 0.6 is 11.6 Å². The molecule has 0 fully saturated rings. The van der Waals surface area contributed by atoms with Crippen LogP contribution in [0.15, 0.2) is 17.0 Å². The Hall–Kier alpha value is -1.31. The van der Waals surface area contributed by atoms with E-state index in [2.05, 4.69) is 5.32 Å². The van der Waals surface area contributed by atoms with Gasteiger partial charge in [0, 0.05) is 6.54 Å². The summed E-state index contributed by atoms with van der Waals surface area (Å²) in [5.41, 5.74) is 0.0821. The molecule has 0 saturated carbocycles. The summed E-state index contributed by atoms with van der Waals surface area (Å²) in [5, 5.41) is 16.7. The second-order valence-electron chi connectivity index (χ2n) is 3.61. The van der Waals surface area contributed by atoms with Crippen LogP contribution < -0.4 is 10.5 Å². The third kappa shape index (κ3) is 3.34. The average Bonchev–Trinajstić information content (AvgIpc) is 2.23. The van der Waals surface area contributed by atoms with E-state index in [-0.39, 0.29) is 16.3 Å². The highest BCUT2D eigenvalue weighted by Crippen LogP contribution is 2.28. The molecule has 8 heteroatoms. The van der Waals surface area contributed by atoms with Crippen molar-refractivity contribution < 1.29 is 18.3 Å². The van der Waals surface area contributed by atoms with E-state index in [4.69, 9.17) is 21.8 Å². The predicted octanol–water partition coefficient (Wildman–Crippen LogP) is 1.51. The van der Waals surface area contributed by atoms with E-state index >= 15 is 0 Å². The molecule has 0 aliphatic carbocycles. The van der Waals surface area contributed by atoms with Crippen LogP contribution in [0, 0.1) is 0 Å². The first kappa shape index (κ1) is 14.7. The maximum Gasteiger partial charge on any atom is 0.337 e. The molecule has 0 aliphatic rings. The summed E-state index contributed by atoms with van der Waals surface area (Å²) in [6.45, 7) is 2.46. The van der Waals surface area contributed by atoms with Crippen molar-refractivity contribution >= 4 is 33.3 Å². The number of aromatic carboxylic acids is 1. The topological polar surface area (TPSA) is 109 Å². The fraction of sp³-hybridized carbons (Fsp3) is 0.300. The molecule has 4 N–H and O–H groups in total. The normalized spacial score (nSPS) is 11.3. The summed E-state index contributed by atoms with van der Waals surface area (Å²) >= 11 is 5.78. The number of primary sulfonamides is 1. The van der Waals surface area contributed by atoms with Gasteiger partial charge in [0.15, 0.2) is 0 Å². The number of nitrogens with one attached hydrogen (secondary N) is 1. The first-order valence-corrected chi connectivity index (χ1v) is 7.03. The van der Waals surface area contributed by atoms with Crippen molar-refractivity contribution in [2.45, 2.75) is 18.2 Å². The first-order chi connectivity index (χ1) is 8.27. The monoisotopic (exact) mass is 292 g/mol. The number of hydrogen-bond acceptors (Lipinski definition) is 4. The molecule has 0 amide bonds. The number of carboxylic acids is 1. The Morgan fingerprint density at radius 1 is 1.50 bits per heavy atom. The van der Waals surface area contributed by atoms with Gasteiger partial charge in [-0.25, -0.2) is 18.4 Å². The molecule has 0 atom stereocenters. The highest BCUT2D eigenvalue weighted by molar-refractivity contribution is 7.89. The number of nitrogens with two attached hydrogens (primary N) is 1. The molecule has 0 heterocycles. The fourth-order valence-corrected chi connectivity index (χ4v) is 2.45. The van der Waals surface area contributed by atoms with Crippen molar-refractivity contribution in [3.05, 3.63) is 22.7 Å². The van der Waals surface area contributed by atoms with Gasteiger partial charge in [-0.1, -0.05) is 18.5 Å². The van der Waals surface area contributed by atoms with Gasteiger partial charge in [-0.05, 0) is 18.6 Å². The lowest BCUT2D eigenvalue weighted by Gasteiger charge is -2.11. The van der Waals surface area contributed by atoms with Gasteiger partial charge in [-0.3, -0.25) is 0 Å². The van der Waals surface area contributed by atoms with Crippen LogP contribution in [0.5, 0.6) is 0 Å². The second kappa shape index (κ2) is 5.55. The standard InChI is InChI=1S/C10H13ClN2O4S/c1-2-3-13-8-5-7(11)9(18(12,16)17)4-6(8)10(14)15/h4-5,13H,2-3H2,1H3,(H,14,15)(H2,12,16,17). The number of rotatable bonds is 5. The SMILES string of the molecule is CCCNc1cc(Cl)c(S(N)(=O)=O)cc1C(=O)O. The zero-order chi connectivity index (χ0) is 13.9. The van der Waals surface area contributed by atoms with Crippen molar-refractivity contribution in [1.29, 1.82) is 0 Å². The van der Waals surface area contributed by atoms with Crippen LogP contribution in [0.2, 0.25) is 5.02 Å². The predicted molar refractivity (Wildman–Crippen MR) is 68.6 cm³/mol. The minimum absolute atomic E-state index is 0.110. The minimum atomic E-state index is -4.05. The van der Waals surface area contributed by atoms with E-state index in [1.807, 2.05) is 6.92 Å². The Morgan fingerprint density at radius 2 is 2.11 bits per heavy atom. The minimum Gasteiger partial charge on any atom is -0.478 e. The largest absolute Gasteiger partial charge is 0.478 e. The van der Waals surface area contributed by atoms with Gasteiger partial charge in [-0.15, -0.1) is 0 Å². The Kier molecular flexibility index (Phi) is 4.55. The molecule has 1 aromatic carbocycles. The lowest BCUT2D eigenvalue weighted by atomic mass is 10.1. The Morgan fingerprint density at radius 3 is 2.56 bits per heavy atom. The smallest absolute Gasteiger partial charge is 0.337 e. The van der Waals surface area contributed by atoms with Crippen LogP contribution in [0.25, 0.3) is 0 Å². The van der Waals surface area contributed by atoms with Gasteiger partial charge < -0.3 is 10.4 Å². The van der Waals surface area contributed by atoms with E-state index in [1.165, 1.54) is 6.07 Å². The maximum absolute atomic E-state index is 11.2. The molecule has 1 aromatic rings. The van der Waals surface area contributed by atoms with Crippen LogP contribution in [-0.2, 0) is 10.0 Å². The van der Waals surface area contributed by atoms with Crippen molar-refractivity contribution in [2.75, 3.05) is 11.9 Å². The number of anilines is 1. The quantitative estimate of drug-likeness (QED) is 0.762. The molecule has 0 aromatic heterocycles. The van der Waals surface area contributed by atoms with E-state index in [0.717, 1.165) is 12.5 Å². The molecule has 0 saturated heterocycles. The lowest BCUT2D eigenvalue weighted by Crippen LogP contribution is -2.15. The maximum atomic E-state index is 11.2. The van der Waals surface area contributed by atoms with E-state index < -0.39 is 20.9 Å². The van der Waals surface area contributed by atoms with Crippen LogP contribution in [0.4, 0.5) is 5.69 Å². The summed E-state index contributed by atoms with van der Waals surface area (Å²) < 4.78 is 22.5. The molecular formula is C10H13ClN2O4S. The summed E-state index contributed by atoms with van der Waals surface area (Å²) in [4.78, 5) is 10.7. The average molecular weight is 293 g/mol. The molecule has 0 radical (unpaired) electrons. The van der Waals surface area contributed by atoms with Crippen molar-refractivity contribution in [2.24, 2.45) is 5.14 Å². The number of hydrogen-bond donors (Lipinski definition) is 3. The third-order valence-corrected chi connectivity index (χ3v) is 3.55. The number of benzene rings is 1. The van der Waals surface area contributed by atoms with Crippen molar-refractivity contribution in [1.82, 2.24) is 0 Å². The molecule has 0 aliphatic heterocycles. The lowest BCUT2D eigenvalue weighted by molar-refractivity contribution is 0.0697. The molecule has 0 unspecified atom stereocenters. The van der Waals surface area contributed by atoms with E-state index in [9.17, 15) is 13.2 Å². The molecule has 18 heavy (non-hydrogen) atoms. The van der Waals surface area contributed by atoms with Crippen LogP contribution in [0.3, 0.4) is 0 Å². The van der Waals surface area contributed by atoms with Gasteiger partial charge >= 0.3 is 5.97 Å². The van der Waals surface area contributed by atoms with Crippen molar-refractivity contribution in [3.8, 4) is 0 Å². The second-order valence-corrected chi connectivity index (χ2v) is 5.54. The molecule has 1 rings (SSSR count). The Bertz CT molecular complexity index is 571. The highest BCUT2D eigenvalue weighted by Gasteiger charge is 2.19. The first-order valence-electron chi connectivity index (χ1n) is 5.11. The molecule has 0 bridgehead atoms. The van der Waals surface area contributed by atoms with Gasteiger partial charge in [0.2, 0.25) is 10.0 Å². The summed E-state index contributed by atoms with van der Waals surface area (Å²) in [7, 11) is -4.05. The molecular weight excluding hydrogens is 280 g/mol. The van der Waals surface area contributed by atoms with Crippen LogP contribution in [-0.4, -0.2) is 26.0 Å². The number of carboxylic acid groups (broad SMARTS) is 1. The molecule has 6 nitrogen and oxygen atoms in total. The Balaban J connectivity index is 3.39.